The first-order valence-electron chi connectivity index (χ1n) is 9.23. The van der Waals surface area contributed by atoms with Crippen molar-refractivity contribution in [1.29, 1.82) is 0 Å². The Morgan fingerprint density at radius 2 is 1.97 bits per heavy atom. The molecule has 11 nitrogen and oxygen atoms in total. The lowest BCUT2D eigenvalue weighted by molar-refractivity contribution is -0.116. The number of benzene rings is 1. The number of nitrogens with one attached hydrogen (secondary N) is 1. The van der Waals surface area contributed by atoms with Crippen LogP contribution in [0.15, 0.2) is 49.8 Å². The first-order chi connectivity index (χ1) is 14.9. The summed E-state index contributed by atoms with van der Waals surface area (Å²) in [5.41, 5.74) is -0.0715. The average Bonchev–Trinajstić information content (AvgIpc) is 3.40. The predicted molar refractivity (Wildman–Crippen MR) is 112 cm³/mol. The number of thiazole rings is 1. The van der Waals surface area contributed by atoms with Gasteiger partial charge in [0, 0.05) is 25.3 Å². The zero-order chi connectivity index (χ0) is 22.0. The van der Waals surface area contributed by atoms with E-state index < -0.39 is 11.2 Å². The highest BCUT2D eigenvalue weighted by molar-refractivity contribution is 7.13. The number of rotatable bonds is 6. The van der Waals surface area contributed by atoms with Crippen LogP contribution in [-0.2, 0) is 18.3 Å². The van der Waals surface area contributed by atoms with Crippen molar-refractivity contribution in [3.8, 4) is 17.2 Å². The molecule has 0 atom stereocenters. The van der Waals surface area contributed by atoms with Gasteiger partial charge < -0.3 is 9.84 Å². The molecule has 0 spiro atoms. The maximum absolute atomic E-state index is 12.5. The normalized spacial score (nSPS) is 10.9. The molecule has 4 aromatic rings. The third kappa shape index (κ3) is 4.33. The van der Waals surface area contributed by atoms with E-state index in [1.165, 1.54) is 18.4 Å². The number of aryl methyl sites for hydroxylation is 2. The van der Waals surface area contributed by atoms with Gasteiger partial charge in [-0.1, -0.05) is 23.4 Å². The van der Waals surface area contributed by atoms with Crippen LogP contribution in [0.1, 0.15) is 18.0 Å². The van der Waals surface area contributed by atoms with Gasteiger partial charge in [-0.05, 0) is 19.1 Å². The summed E-state index contributed by atoms with van der Waals surface area (Å²) in [6, 6.07) is 8.67. The van der Waals surface area contributed by atoms with Crippen LogP contribution >= 0.6 is 11.3 Å². The minimum Gasteiger partial charge on any atom is -0.339 e. The molecule has 4 rings (SSSR count). The van der Waals surface area contributed by atoms with Crippen molar-refractivity contribution in [2.75, 3.05) is 5.32 Å². The Balaban J connectivity index is 1.55. The number of para-hydroxylation sites is 1. The van der Waals surface area contributed by atoms with Crippen LogP contribution in [0.2, 0.25) is 0 Å². The molecular formula is C19H17N7O4S. The Bertz CT molecular complexity index is 1350. The lowest BCUT2D eigenvalue weighted by atomic mass is 10.3. The first-order valence-corrected chi connectivity index (χ1v) is 10.1. The Hall–Kier alpha value is -3.93. The van der Waals surface area contributed by atoms with E-state index in [1.54, 1.807) is 30.3 Å². The predicted octanol–water partition coefficient (Wildman–Crippen LogP) is 1.32. The van der Waals surface area contributed by atoms with Crippen molar-refractivity contribution in [3.05, 3.63) is 68.1 Å². The monoisotopic (exact) mass is 439 g/mol. The largest absolute Gasteiger partial charge is 0.351 e. The molecule has 1 aromatic carbocycles. The number of hydrogen-bond donors (Lipinski definition) is 1. The summed E-state index contributed by atoms with van der Waals surface area (Å²) in [4.78, 5) is 45.4. The number of amides is 1. The second-order valence-electron chi connectivity index (χ2n) is 6.60. The van der Waals surface area contributed by atoms with E-state index >= 15 is 0 Å². The smallest absolute Gasteiger partial charge is 0.339 e. The van der Waals surface area contributed by atoms with Gasteiger partial charge in [0.15, 0.2) is 10.8 Å². The molecular weight excluding hydrogens is 422 g/mol. The second kappa shape index (κ2) is 8.44. The fraction of sp³-hybridized carbons (Fsp3) is 0.211. The SMILES string of the molecule is Cc1csc(NC(=O)CCc2nc(-c3nn(-c4ccccc4)c(=O)n(C)c3=O)no2)n1. The van der Waals surface area contributed by atoms with Crippen molar-refractivity contribution in [2.45, 2.75) is 19.8 Å². The van der Waals surface area contributed by atoms with Crippen LogP contribution in [0.3, 0.4) is 0 Å². The molecule has 0 saturated carbocycles. The molecule has 3 aromatic heterocycles. The van der Waals surface area contributed by atoms with Crippen LogP contribution < -0.4 is 16.6 Å². The second-order valence-corrected chi connectivity index (χ2v) is 7.45. The molecule has 31 heavy (non-hydrogen) atoms. The van der Waals surface area contributed by atoms with E-state index in [9.17, 15) is 14.4 Å². The summed E-state index contributed by atoms with van der Waals surface area (Å²) >= 11 is 1.34. The van der Waals surface area contributed by atoms with Crippen molar-refractivity contribution < 1.29 is 9.32 Å². The molecule has 1 N–H and O–H groups in total. The summed E-state index contributed by atoms with van der Waals surface area (Å²) in [5.74, 6) is -0.140. The van der Waals surface area contributed by atoms with Crippen LogP contribution in [0.25, 0.3) is 17.2 Å². The fourth-order valence-electron chi connectivity index (χ4n) is 2.72. The Morgan fingerprint density at radius 1 is 1.19 bits per heavy atom. The summed E-state index contributed by atoms with van der Waals surface area (Å²) in [6.45, 7) is 1.84. The zero-order valence-corrected chi connectivity index (χ0v) is 17.4. The minimum absolute atomic E-state index is 0.0590. The van der Waals surface area contributed by atoms with Gasteiger partial charge in [-0.2, -0.15) is 14.8 Å². The highest BCUT2D eigenvalue weighted by Gasteiger charge is 2.19. The number of anilines is 1. The molecule has 0 bridgehead atoms. The summed E-state index contributed by atoms with van der Waals surface area (Å²) in [6.07, 6.45) is 0.261. The molecule has 0 aliphatic carbocycles. The van der Waals surface area contributed by atoms with E-state index in [-0.39, 0.29) is 36.2 Å². The third-order valence-corrected chi connectivity index (χ3v) is 5.16. The molecule has 0 radical (unpaired) electrons. The summed E-state index contributed by atoms with van der Waals surface area (Å²) in [7, 11) is 1.35. The van der Waals surface area contributed by atoms with Crippen LogP contribution in [0.4, 0.5) is 5.13 Å². The van der Waals surface area contributed by atoms with E-state index in [2.05, 4.69) is 25.5 Å². The first kappa shape index (κ1) is 20.3. The van der Waals surface area contributed by atoms with Gasteiger partial charge in [0.05, 0.1) is 11.4 Å². The number of carbonyl (C=O) groups excluding carboxylic acids is 1. The molecule has 0 aliphatic heterocycles. The molecule has 1 amide bonds. The molecule has 12 heteroatoms. The highest BCUT2D eigenvalue weighted by atomic mass is 32.1. The van der Waals surface area contributed by atoms with E-state index in [0.717, 1.165) is 14.9 Å². The van der Waals surface area contributed by atoms with Crippen LogP contribution in [0, 0.1) is 6.92 Å². The Kier molecular flexibility index (Phi) is 5.54. The highest BCUT2D eigenvalue weighted by Crippen LogP contribution is 2.15. The molecule has 3 heterocycles. The summed E-state index contributed by atoms with van der Waals surface area (Å²) < 4.78 is 7.18. The van der Waals surface area contributed by atoms with E-state index in [1.807, 2.05) is 12.3 Å². The van der Waals surface area contributed by atoms with Gasteiger partial charge >= 0.3 is 5.69 Å². The van der Waals surface area contributed by atoms with Gasteiger partial charge in [-0.15, -0.1) is 11.3 Å². The van der Waals surface area contributed by atoms with Crippen molar-refractivity contribution in [3.63, 3.8) is 0 Å². The maximum atomic E-state index is 12.5. The quantitative estimate of drug-likeness (QED) is 0.475. The molecule has 0 unspecified atom stereocenters. The van der Waals surface area contributed by atoms with Gasteiger partial charge in [-0.25, -0.2) is 9.78 Å². The van der Waals surface area contributed by atoms with Gasteiger partial charge in [0.25, 0.3) is 5.56 Å². The van der Waals surface area contributed by atoms with Crippen LogP contribution in [-0.4, -0.2) is 35.4 Å². The number of hydrogen-bond acceptors (Lipinski definition) is 9. The number of nitrogens with zero attached hydrogens (tertiary/aromatic N) is 6. The average molecular weight is 439 g/mol. The fourth-order valence-corrected chi connectivity index (χ4v) is 3.42. The Labute approximate surface area is 179 Å². The van der Waals surface area contributed by atoms with Gasteiger partial charge in [0.2, 0.25) is 17.6 Å². The van der Waals surface area contributed by atoms with Gasteiger partial charge in [-0.3, -0.25) is 14.2 Å². The van der Waals surface area contributed by atoms with Crippen molar-refractivity contribution in [1.82, 2.24) is 29.5 Å². The standard InChI is InChI=1S/C19H17N7O4S/c1-11-10-31-18(20-11)21-13(27)8-9-14-22-16(24-30-14)15-17(28)25(2)19(29)26(23-15)12-6-4-3-5-7-12/h3-7,10H,8-9H2,1-2H3,(H,20,21,27). The van der Waals surface area contributed by atoms with E-state index in [4.69, 9.17) is 4.52 Å². The topological polar surface area (TPSA) is 138 Å². The number of aromatic nitrogens is 6. The third-order valence-electron chi connectivity index (χ3n) is 4.29. The van der Waals surface area contributed by atoms with Crippen molar-refractivity contribution in [2.24, 2.45) is 7.05 Å². The molecule has 0 fully saturated rings. The Morgan fingerprint density at radius 3 is 2.68 bits per heavy atom. The van der Waals surface area contributed by atoms with E-state index in [0.29, 0.717) is 10.8 Å². The van der Waals surface area contributed by atoms with Crippen LogP contribution in [0.5, 0.6) is 0 Å². The number of carbonyl (C=O) groups is 1. The maximum Gasteiger partial charge on any atom is 0.351 e. The molecule has 0 saturated heterocycles. The molecule has 0 aliphatic rings. The van der Waals surface area contributed by atoms with Gasteiger partial charge in [0.1, 0.15) is 0 Å². The van der Waals surface area contributed by atoms with Crippen molar-refractivity contribution >= 4 is 22.4 Å². The zero-order valence-electron chi connectivity index (χ0n) is 16.6. The lowest BCUT2D eigenvalue weighted by Crippen LogP contribution is -2.40. The minimum atomic E-state index is -0.651. The lowest BCUT2D eigenvalue weighted by Gasteiger charge is -2.07. The summed E-state index contributed by atoms with van der Waals surface area (Å²) in [5, 5.41) is 13.0. The molecule has 158 valence electrons.